The van der Waals surface area contributed by atoms with Gasteiger partial charge in [0.2, 0.25) is 5.91 Å². The number of amides is 1. The van der Waals surface area contributed by atoms with Crippen LogP contribution >= 0.6 is 0 Å². The van der Waals surface area contributed by atoms with Gasteiger partial charge in [0.05, 0.1) is 6.42 Å². The molecule has 0 saturated heterocycles. The molecule has 1 aromatic carbocycles. The largest absolute Gasteiger partial charge is 0.356 e. The van der Waals surface area contributed by atoms with E-state index in [-0.39, 0.29) is 17.9 Å². The summed E-state index contributed by atoms with van der Waals surface area (Å²) >= 11 is 0. The Hall–Kier alpha value is -3.28. The van der Waals surface area contributed by atoms with Crippen LogP contribution < -0.4 is 10.9 Å². The Bertz CT molecular complexity index is 953. The molecule has 2 N–H and O–H groups in total. The number of rotatable bonds is 7. The highest BCUT2D eigenvalue weighted by Gasteiger charge is 2.13. The number of carbonyl (C=O) groups excluding carboxylic acids is 1. The molecular formula is C21H22N4O2. The van der Waals surface area contributed by atoms with Crippen molar-refractivity contribution in [1.82, 2.24) is 20.3 Å². The summed E-state index contributed by atoms with van der Waals surface area (Å²) in [5.41, 5.74) is 2.63. The minimum atomic E-state index is -0.291. The van der Waals surface area contributed by atoms with Crippen molar-refractivity contribution in [3.8, 4) is 11.4 Å². The van der Waals surface area contributed by atoms with Gasteiger partial charge in [-0.25, -0.2) is 4.98 Å². The molecule has 0 bridgehead atoms. The third-order valence-electron chi connectivity index (χ3n) is 4.30. The van der Waals surface area contributed by atoms with Crippen molar-refractivity contribution in [3.05, 3.63) is 82.0 Å². The van der Waals surface area contributed by atoms with E-state index in [0.717, 1.165) is 18.4 Å². The molecule has 6 heteroatoms. The van der Waals surface area contributed by atoms with Crippen LogP contribution in [0.3, 0.4) is 0 Å². The van der Waals surface area contributed by atoms with Gasteiger partial charge in [-0.05, 0) is 37.5 Å². The molecular weight excluding hydrogens is 340 g/mol. The van der Waals surface area contributed by atoms with E-state index in [1.165, 1.54) is 5.56 Å². The fraction of sp³-hybridized carbons (Fsp3) is 0.238. The molecule has 0 aliphatic rings. The molecule has 3 rings (SSSR count). The van der Waals surface area contributed by atoms with E-state index in [0.29, 0.717) is 23.6 Å². The molecule has 0 spiro atoms. The van der Waals surface area contributed by atoms with E-state index in [1.54, 1.807) is 25.4 Å². The maximum absolute atomic E-state index is 12.4. The van der Waals surface area contributed by atoms with Crippen LogP contribution in [0.25, 0.3) is 11.4 Å². The first-order valence-corrected chi connectivity index (χ1v) is 8.94. The van der Waals surface area contributed by atoms with E-state index in [4.69, 9.17) is 0 Å². The Labute approximate surface area is 157 Å². The van der Waals surface area contributed by atoms with Crippen molar-refractivity contribution in [1.29, 1.82) is 0 Å². The maximum Gasteiger partial charge on any atom is 0.255 e. The third kappa shape index (κ3) is 5.10. The van der Waals surface area contributed by atoms with Crippen molar-refractivity contribution >= 4 is 5.91 Å². The Morgan fingerprint density at radius 1 is 1.15 bits per heavy atom. The number of benzene rings is 1. The first kappa shape index (κ1) is 18.5. The molecule has 0 aliphatic heterocycles. The van der Waals surface area contributed by atoms with Crippen molar-refractivity contribution in [2.24, 2.45) is 0 Å². The molecule has 138 valence electrons. The Balaban J connectivity index is 1.57. The van der Waals surface area contributed by atoms with Gasteiger partial charge in [0.15, 0.2) is 0 Å². The summed E-state index contributed by atoms with van der Waals surface area (Å²) in [5, 5.41) is 2.87. The predicted molar refractivity (Wildman–Crippen MR) is 104 cm³/mol. The van der Waals surface area contributed by atoms with Crippen molar-refractivity contribution in [3.63, 3.8) is 0 Å². The third-order valence-corrected chi connectivity index (χ3v) is 4.30. The van der Waals surface area contributed by atoms with Gasteiger partial charge < -0.3 is 10.3 Å². The molecule has 0 radical (unpaired) electrons. The summed E-state index contributed by atoms with van der Waals surface area (Å²) in [5.74, 6) is 0.283. The van der Waals surface area contributed by atoms with Crippen molar-refractivity contribution in [2.75, 3.05) is 6.54 Å². The number of nitrogens with zero attached hydrogens (tertiary/aromatic N) is 2. The fourth-order valence-corrected chi connectivity index (χ4v) is 2.85. The smallest absolute Gasteiger partial charge is 0.255 e. The molecule has 1 amide bonds. The van der Waals surface area contributed by atoms with E-state index in [1.807, 2.05) is 24.3 Å². The number of H-pyrrole nitrogens is 1. The topological polar surface area (TPSA) is 87.7 Å². The minimum absolute atomic E-state index is 0.0207. The number of nitrogens with one attached hydrogen (secondary N) is 2. The van der Waals surface area contributed by atoms with E-state index in [9.17, 15) is 9.59 Å². The Morgan fingerprint density at radius 3 is 2.67 bits per heavy atom. The molecule has 6 nitrogen and oxygen atoms in total. The van der Waals surface area contributed by atoms with Gasteiger partial charge in [-0.15, -0.1) is 0 Å². The molecule has 0 fully saturated rings. The highest BCUT2D eigenvalue weighted by atomic mass is 16.2. The number of aromatic amines is 1. The van der Waals surface area contributed by atoms with Gasteiger partial charge >= 0.3 is 0 Å². The first-order chi connectivity index (χ1) is 13.1. The summed E-state index contributed by atoms with van der Waals surface area (Å²) in [6.07, 6.45) is 5.07. The van der Waals surface area contributed by atoms with E-state index < -0.39 is 0 Å². The van der Waals surface area contributed by atoms with Crippen LogP contribution in [0.1, 0.15) is 23.2 Å². The fourth-order valence-electron chi connectivity index (χ4n) is 2.85. The molecule has 27 heavy (non-hydrogen) atoms. The number of hydrogen-bond donors (Lipinski definition) is 2. The van der Waals surface area contributed by atoms with Gasteiger partial charge in [0.1, 0.15) is 5.82 Å². The lowest BCUT2D eigenvalue weighted by Crippen LogP contribution is -2.30. The second kappa shape index (κ2) is 8.89. The van der Waals surface area contributed by atoms with Gasteiger partial charge in [0, 0.05) is 35.8 Å². The molecule has 0 atom stereocenters. The Morgan fingerprint density at radius 2 is 1.96 bits per heavy atom. The number of carbonyl (C=O) groups is 1. The lowest BCUT2D eigenvalue weighted by molar-refractivity contribution is -0.120. The van der Waals surface area contributed by atoms with Crippen molar-refractivity contribution < 1.29 is 4.79 Å². The Kier molecular flexibility index (Phi) is 6.10. The highest BCUT2D eigenvalue weighted by Crippen LogP contribution is 2.12. The van der Waals surface area contributed by atoms with Crippen LogP contribution in [0.5, 0.6) is 0 Å². The molecule has 0 unspecified atom stereocenters. The molecule has 0 saturated carbocycles. The number of aromatic nitrogens is 3. The van der Waals surface area contributed by atoms with Gasteiger partial charge in [0.25, 0.3) is 5.56 Å². The summed E-state index contributed by atoms with van der Waals surface area (Å²) in [4.78, 5) is 35.8. The summed E-state index contributed by atoms with van der Waals surface area (Å²) in [6.45, 7) is 2.32. The zero-order chi connectivity index (χ0) is 19.1. The standard InChI is InChI=1S/C21H22N4O2/c1-15-18(21(27)25-20(24-15)17-10-6-11-22-14-17)13-19(26)23-12-5-9-16-7-3-2-4-8-16/h2-4,6-8,10-11,14H,5,9,12-13H2,1H3,(H,23,26)(H,24,25,27). The highest BCUT2D eigenvalue weighted by molar-refractivity contribution is 5.78. The average molecular weight is 362 g/mol. The zero-order valence-electron chi connectivity index (χ0n) is 15.2. The molecule has 2 heterocycles. The maximum atomic E-state index is 12.4. The van der Waals surface area contributed by atoms with Crippen LogP contribution in [-0.2, 0) is 17.6 Å². The van der Waals surface area contributed by atoms with Crippen LogP contribution in [-0.4, -0.2) is 27.4 Å². The molecule has 0 aliphatic carbocycles. The van der Waals surface area contributed by atoms with E-state index in [2.05, 4.69) is 32.4 Å². The van der Waals surface area contributed by atoms with Crippen LogP contribution in [0.15, 0.2) is 59.7 Å². The summed E-state index contributed by atoms with van der Waals surface area (Å²) in [7, 11) is 0. The second-order valence-electron chi connectivity index (χ2n) is 6.34. The second-order valence-corrected chi connectivity index (χ2v) is 6.34. The lowest BCUT2D eigenvalue weighted by atomic mass is 10.1. The van der Waals surface area contributed by atoms with Crippen LogP contribution in [0, 0.1) is 6.92 Å². The van der Waals surface area contributed by atoms with Crippen LogP contribution in [0.2, 0.25) is 0 Å². The monoisotopic (exact) mass is 362 g/mol. The molecule has 3 aromatic rings. The van der Waals surface area contributed by atoms with Crippen molar-refractivity contribution in [2.45, 2.75) is 26.2 Å². The zero-order valence-corrected chi connectivity index (χ0v) is 15.2. The summed E-state index contributed by atoms with van der Waals surface area (Å²) < 4.78 is 0. The van der Waals surface area contributed by atoms with Gasteiger partial charge in [-0.3, -0.25) is 14.6 Å². The number of pyridine rings is 1. The predicted octanol–water partition coefficient (Wildman–Crippen LogP) is 2.43. The summed E-state index contributed by atoms with van der Waals surface area (Å²) in [6, 6.07) is 13.7. The normalized spacial score (nSPS) is 10.6. The van der Waals surface area contributed by atoms with Crippen LogP contribution in [0.4, 0.5) is 0 Å². The van der Waals surface area contributed by atoms with Gasteiger partial charge in [-0.1, -0.05) is 30.3 Å². The van der Waals surface area contributed by atoms with Gasteiger partial charge in [-0.2, -0.15) is 0 Å². The first-order valence-electron chi connectivity index (χ1n) is 8.94. The number of hydrogen-bond acceptors (Lipinski definition) is 4. The SMILES string of the molecule is Cc1nc(-c2cccnc2)[nH]c(=O)c1CC(=O)NCCCc1ccccc1. The number of aryl methyl sites for hydroxylation is 2. The quantitative estimate of drug-likeness (QED) is 0.632. The van der Waals surface area contributed by atoms with E-state index >= 15 is 0 Å². The molecule has 2 aromatic heterocycles. The minimum Gasteiger partial charge on any atom is -0.356 e. The lowest BCUT2D eigenvalue weighted by Gasteiger charge is -2.08. The average Bonchev–Trinajstić information content (AvgIpc) is 2.69.